The first-order valence-electron chi connectivity index (χ1n) is 8.86. The minimum atomic E-state index is -1.86. The number of hydrogen-bond donors (Lipinski definition) is 3. The summed E-state index contributed by atoms with van der Waals surface area (Å²) < 4.78 is 0. The Balaban J connectivity index is 1.65. The molecular formula is C20H21N3O5. The zero-order valence-electron chi connectivity index (χ0n) is 15.3. The van der Waals surface area contributed by atoms with Crippen LogP contribution in [0.15, 0.2) is 53.7 Å². The standard InChI is InChI=1S/C20H21N3O5/c1-12(13-6-8-16(24)9-7-13)21-19(26)17(22-28)18(25)20(27)23-10-14-4-2-3-5-15(14)11-23/h2-9,12,17-18,24-25H,10-11H2,1H3,(H,21,26)/t12-,17?,18?/m0/s1. The van der Waals surface area contributed by atoms with Crippen molar-refractivity contribution < 1.29 is 19.8 Å². The van der Waals surface area contributed by atoms with E-state index in [4.69, 9.17) is 0 Å². The predicted octanol–water partition coefficient (Wildman–Crippen LogP) is 1.61. The fourth-order valence-corrected chi connectivity index (χ4v) is 3.21. The van der Waals surface area contributed by atoms with Gasteiger partial charge < -0.3 is 20.4 Å². The topological polar surface area (TPSA) is 119 Å². The number of carbonyl (C=O) groups excluding carboxylic acids is 2. The summed E-state index contributed by atoms with van der Waals surface area (Å²) in [6.07, 6.45) is -1.86. The highest BCUT2D eigenvalue weighted by atomic mass is 16.3. The number of aromatic hydroxyl groups is 1. The van der Waals surface area contributed by atoms with Gasteiger partial charge >= 0.3 is 0 Å². The summed E-state index contributed by atoms with van der Waals surface area (Å²) in [6, 6.07) is 11.4. The van der Waals surface area contributed by atoms with E-state index in [2.05, 4.69) is 10.5 Å². The lowest BCUT2D eigenvalue weighted by Gasteiger charge is -2.23. The smallest absolute Gasteiger partial charge is 0.254 e. The molecule has 1 aliphatic rings. The van der Waals surface area contributed by atoms with Crippen molar-refractivity contribution in [2.24, 2.45) is 5.18 Å². The summed E-state index contributed by atoms with van der Waals surface area (Å²) >= 11 is 0. The van der Waals surface area contributed by atoms with E-state index in [1.54, 1.807) is 19.1 Å². The maximum Gasteiger partial charge on any atom is 0.254 e. The highest BCUT2D eigenvalue weighted by molar-refractivity contribution is 5.92. The first kappa shape index (κ1) is 19.5. The second-order valence-electron chi connectivity index (χ2n) is 6.78. The molecule has 146 valence electrons. The molecule has 28 heavy (non-hydrogen) atoms. The Morgan fingerprint density at radius 2 is 1.64 bits per heavy atom. The SMILES string of the molecule is C[C@H](NC(=O)C(N=O)C(O)C(=O)N1Cc2ccccc2C1)c1ccc(O)cc1. The van der Waals surface area contributed by atoms with Crippen LogP contribution >= 0.6 is 0 Å². The Hall–Kier alpha value is -3.26. The fraction of sp³-hybridized carbons (Fsp3) is 0.300. The summed E-state index contributed by atoms with van der Waals surface area (Å²) in [7, 11) is 0. The number of carbonyl (C=O) groups is 2. The first-order chi connectivity index (χ1) is 13.4. The van der Waals surface area contributed by atoms with Gasteiger partial charge in [0.05, 0.1) is 6.04 Å². The molecule has 8 heteroatoms. The summed E-state index contributed by atoms with van der Waals surface area (Å²) in [5.41, 5.74) is 2.61. The number of phenols is 1. The first-order valence-corrected chi connectivity index (χ1v) is 8.86. The van der Waals surface area contributed by atoms with Gasteiger partial charge in [-0.3, -0.25) is 9.59 Å². The Kier molecular flexibility index (Phi) is 5.70. The molecule has 0 saturated heterocycles. The molecule has 2 aromatic rings. The third-order valence-corrected chi connectivity index (χ3v) is 4.84. The van der Waals surface area contributed by atoms with Crippen LogP contribution in [0.1, 0.15) is 29.7 Å². The number of benzene rings is 2. The van der Waals surface area contributed by atoms with E-state index < -0.39 is 30.0 Å². The maximum absolute atomic E-state index is 12.6. The van der Waals surface area contributed by atoms with Gasteiger partial charge in [0.15, 0.2) is 6.10 Å². The normalized spacial score (nSPS) is 16.0. The molecule has 3 N–H and O–H groups in total. The van der Waals surface area contributed by atoms with E-state index >= 15 is 0 Å². The highest BCUT2D eigenvalue weighted by Crippen LogP contribution is 2.24. The second-order valence-corrected chi connectivity index (χ2v) is 6.78. The van der Waals surface area contributed by atoms with E-state index in [0.717, 1.165) is 11.1 Å². The average molecular weight is 383 g/mol. The van der Waals surface area contributed by atoms with Crippen molar-refractivity contribution in [2.75, 3.05) is 0 Å². The second kappa shape index (κ2) is 8.18. The molecule has 2 amide bonds. The number of nitrogens with one attached hydrogen (secondary N) is 1. The number of aliphatic hydroxyl groups is 1. The van der Waals surface area contributed by atoms with Gasteiger partial charge in [0.25, 0.3) is 11.8 Å². The number of nitroso groups, excluding NO2 is 1. The molecule has 0 radical (unpaired) electrons. The van der Waals surface area contributed by atoms with Gasteiger partial charge in [-0.05, 0) is 35.7 Å². The van der Waals surface area contributed by atoms with Gasteiger partial charge in [-0.25, -0.2) is 0 Å². The maximum atomic E-state index is 12.6. The van der Waals surface area contributed by atoms with Crippen LogP contribution < -0.4 is 5.32 Å². The molecule has 0 aromatic heterocycles. The number of rotatable bonds is 6. The summed E-state index contributed by atoms with van der Waals surface area (Å²) in [5, 5.41) is 24.9. The molecule has 1 aliphatic heterocycles. The van der Waals surface area contributed by atoms with Crippen molar-refractivity contribution in [2.45, 2.75) is 38.2 Å². The number of phenolic OH excluding ortho intramolecular Hbond substituents is 1. The summed E-state index contributed by atoms with van der Waals surface area (Å²) in [6.45, 7) is 2.30. The minimum Gasteiger partial charge on any atom is -0.508 e. The van der Waals surface area contributed by atoms with E-state index in [1.807, 2.05) is 24.3 Å². The van der Waals surface area contributed by atoms with Gasteiger partial charge in [0.2, 0.25) is 6.04 Å². The molecule has 2 aromatic carbocycles. The van der Waals surface area contributed by atoms with Crippen molar-refractivity contribution in [3.8, 4) is 5.75 Å². The van der Waals surface area contributed by atoms with Crippen LogP contribution in [0.2, 0.25) is 0 Å². The van der Waals surface area contributed by atoms with E-state index in [-0.39, 0.29) is 5.75 Å². The van der Waals surface area contributed by atoms with Crippen LogP contribution in [0.25, 0.3) is 0 Å². The number of fused-ring (bicyclic) bond motifs is 1. The van der Waals surface area contributed by atoms with E-state index in [9.17, 15) is 24.7 Å². The lowest BCUT2D eigenvalue weighted by molar-refractivity contribution is -0.145. The lowest BCUT2D eigenvalue weighted by Crippen LogP contribution is -2.49. The van der Waals surface area contributed by atoms with Crippen molar-refractivity contribution in [1.82, 2.24) is 10.2 Å². The van der Waals surface area contributed by atoms with Gasteiger partial charge in [-0.15, -0.1) is 4.91 Å². The number of aliphatic hydroxyl groups excluding tert-OH is 1. The quantitative estimate of drug-likeness (QED) is 0.655. The summed E-state index contributed by atoms with van der Waals surface area (Å²) in [5.74, 6) is -1.47. The minimum absolute atomic E-state index is 0.0855. The molecule has 2 unspecified atom stereocenters. The van der Waals surface area contributed by atoms with Crippen LogP contribution in [-0.4, -0.2) is 39.1 Å². The van der Waals surface area contributed by atoms with Crippen LogP contribution in [-0.2, 0) is 22.7 Å². The monoisotopic (exact) mass is 383 g/mol. The van der Waals surface area contributed by atoms with E-state index in [1.165, 1.54) is 17.0 Å². The third-order valence-electron chi connectivity index (χ3n) is 4.84. The predicted molar refractivity (Wildman–Crippen MR) is 101 cm³/mol. The van der Waals surface area contributed by atoms with Crippen molar-refractivity contribution in [3.05, 3.63) is 70.1 Å². The van der Waals surface area contributed by atoms with Gasteiger partial charge in [0, 0.05) is 13.1 Å². The Labute approximate surface area is 161 Å². The number of nitrogens with zero attached hydrogens (tertiary/aromatic N) is 2. The van der Waals surface area contributed by atoms with Crippen molar-refractivity contribution in [1.29, 1.82) is 0 Å². The van der Waals surface area contributed by atoms with Crippen LogP contribution in [0.4, 0.5) is 0 Å². The number of amides is 2. The van der Waals surface area contributed by atoms with Crippen LogP contribution in [0.3, 0.4) is 0 Å². The highest BCUT2D eigenvalue weighted by Gasteiger charge is 2.38. The van der Waals surface area contributed by atoms with Gasteiger partial charge in [-0.2, -0.15) is 0 Å². The molecule has 0 bridgehead atoms. The Bertz CT molecular complexity index is 859. The molecule has 3 atom stereocenters. The zero-order valence-corrected chi connectivity index (χ0v) is 15.3. The molecule has 1 heterocycles. The van der Waals surface area contributed by atoms with Gasteiger partial charge in [-0.1, -0.05) is 41.6 Å². The largest absolute Gasteiger partial charge is 0.508 e. The van der Waals surface area contributed by atoms with E-state index in [0.29, 0.717) is 18.7 Å². The Morgan fingerprint density at radius 1 is 1.07 bits per heavy atom. The molecular weight excluding hydrogens is 362 g/mol. The molecule has 3 rings (SSSR count). The molecule has 8 nitrogen and oxygen atoms in total. The summed E-state index contributed by atoms with van der Waals surface area (Å²) in [4.78, 5) is 37.6. The number of hydrogen-bond acceptors (Lipinski definition) is 6. The third kappa shape index (κ3) is 4.01. The van der Waals surface area contributed by atoms with Crippen LogP contribution in [0.5, 0.6) is 5.75 Å². The van der Waals surface area contributed by atoms with Crippen molar-refractivity contribution in [3.63, 3.8) is 0 Å². The zero-order chi connectivity index (χ0) is 20.3. The van der Waals surface area contributed by atoms with Crippen molar-refractivity contribution >= 4 is 11.8 Å². The Morgan fingerprint density at radius 3 is 2.18 bits per heavy atom. The molecule has 0 aliphatic carbocycles. The lowest BCUT2D eigenvalue weighted by atomic mass is 10.1. The molecule has 0 saturated carbocycles. The average Bonchev–Trinajstić information content (AvgIpc) is 3.12. The molecule has 0 fully saturated rings. The van der Waals surface area contributed by atoms with Crippen LogP contribution in [0, 0.1) is 4.91 Å². The fourth-order valence-electron chi connectivity index (χ4n) is 3.21. The van der Waals surface area contributed by atoms with Gasteiger partial charge in [0.1, 0.15) is 5.75 Å². The molecule has 0 spiro atoms.